The summed E-state index contributed by atoms with van der Waals surface area (Å²) in [5.41, 5.74) is -0.159. The van der Waals surface area contributed by atoms with Crippen molar-refractivity contribution in [2.75, 3.05) is 11.9 Å². The number of hydrogen-bond donors (Lipinski definition) is 3. The first-order chi connectivity index (χ1) is 13.4. The van der Waals surface area contributed by atoms with E-state index < -0.39 is 28.4 Å². The zero-order chi connectivity index (χ0) is 19.9. The van der Waals surface area contributed by atoms with Crippen LogP contribution in [0.3, 0.4) is 0 Å². The van der Waals surface area contributed by atoms with Crippen LogP contribution in [0.1, 0.15) is 12.8 Å². The molecule has 11 nitrogen and oxygen atoms in total. The van der Waals surface area contributed by atoms with Gasteiger partial charge in [-0.2, -0.15) is 0 Å². The van der Waals surface area contributed by atoms with Crippen LogP contribution in [-0.2, 0) is 11.3 Å². The van der Waals surface area contributed by atoms with E-state index in [9.17, 15) is 13.4 Å². The second kappa shape index (κ2) is 7.20. The summed E-state index contributed by atoms with van der Waals surface area (Å²) < 4.78 is 46.8. The van der Waals surface area contributed by atoms with Gasteiger partial charge in [0.2, 0.25) is 22.9 Å². The maximum Gasteiger partial charge on any atom is 0.446 e. The smallest absolute Gasteiger partial charge is 0.363 e. The van der Waals surface area contributed by atoms with Crippen molar-refractivity contribution in [3.05, 3.63) is 39.0 Å². The van der Waals surface area contributed by atoms with Crippen molar-refractivity contribution in [3.63, 3.8) is 0 Å². The van der Waals surface area contributed by atoms with Gasteiger partial charge in [-0.25, -0.2) is 27.3 Å². The lowest BCUT2D eigenvalue weighted by molar-refractivity contribution is 0.309. The molecule has 0 radical (unpaired) electrons. The Morgan fingerprint density at radius 2 is 2.14 bits per heavy atom. The molecule has 1 atom stereocenters. The standard InChI is InChI=1S/C14H12BrFN6O5S/c15-8-5-7(1-2-9(8)16)22-12(20-26-13(22)23)10-11(19-27-18-10)17-6-14(3-4-14)21-28(24)25/h1-2,5,21H,3-4,6H2,(H,17,19)(H,24,25). The number of nitrogens with one attached hydrogen (secondary N) is 2. The third kappa shape index (κ3) is 3.63. The van der Waals surface area contributed by atoms with Gasteiger partial charge in [-0.1, -0.05) is 5.16 Å². The predicted octanol–water partition coefficient (Wildman–Crippen LogP) is 1.45. The third-order valence-electron chi connectivity index (χ3n) is 4.22. The second-order valence-corrected chi connectivity index (χ2v) is 7.71. The van der Waals surface area contributed by atoms with E-state index in [4.69, 9.17) is 13.7 Å². The van der Waals surface area contributed by atoms with Gasteiger partial charge in [0.25, 0.3) is 0 Å². The zero-order valence-corrected chi connectivity index (χ0v) is 16.3. The van der Waals surface area contributed by atoms with Gasteiger partial charge < -0.3 is 5.32 Å². The normalized spacial score (nSPS) is 16.1. The molecule has 0 spiro atoms. The third-order valence-corrected chi connectivity index (χ3v) is 5.43. The Morgan fingerprint density at radius 1 is 1.36 bits per heavy atom. The van der Waals surface area contributed by atoms with Gasteiger partial charge in [0.05, 0.1) is 15.7 Å². The van der Waals surface area contributed by atoms with E-state index in [1.54, 1.807) is 0 Å². The predicted molar refractivity (Wildman–Crippen MR) is 97.4 cm³/mol. The molecule has 3 N–H and O–H groups in total. The fourth-order valence-corrected chi connectivity index (χ4v) is 3.62. The van der Waals surface area contributed by atoms with Gasteiger partial charge in [0.1, 0.15) is 5.82 Å². The van der Waals surface area contributed by atoms with Crippen molar-refractivity contribution in [1.29, 1.82) is 0 Å². The Balaban J connectivity index is 1.65. The molecule has 1 saturated carbocycles. The highest BCUT2D eigenvalue weighted by atomic mass is 79.9. The van der Waals surface area contributed by atoms with E-state index in [1.165, 1.54) is 18.2 Å². The van der Waals surface area contributed by atoms with Gasteiger partial charge in [-0.05, 0) is 57.3 Å². The fourth-order valence-electron chi connectivity index (χ4n) is 2.61. The van der Waals surface area contributed by atoms with Crippen LogP contribution in [0.4, 0.5) is 10.2 Å². The van der Waals surface area contributed by atoms with Crippen molar-refractivity contribution in [2.24, 2.45) is 0 Å². The van der Waals surface area contributed by atoms with Crippen LogP contribution in [-0.4, -0.2) is 40.9 Å². The highest BCUT2D eigenvalue weighted by molar-refractivity contribution is 9.10. The van der Waals surface area contributed by atoms with Gasteiger partial charge in [0, 0.05) is 6.54 Å². The number of hydrogen-bond acceptors (Lipinski definition) is 8. The van der Waals surface area contributed by atoms with E-state index in [1.807, 2.05) is 0 Å². The van der Waals surface area contributed by atoms with Crippen LogP contribution in [0.25, 0.3) is 17.2 Å². The Bertz CT molecular complexity index is 1110. The summed E-state index contributed by atoms with van der Waals surface area (Å²) >= 11 is 0.916. The van der Waals surface area contributed by atoms with Crippen LogP contribution in [0, 0.1) is 5.82 Å². The van der Waals surface area contributed by atoms with Crippen LogP contribution in [0.5, 0.6) is 0 Å². The molecule has 1 aliphatic carbocycles. The lowest BCUT2D eigenvalue weighted by Crippen LogP contribution is -2.38. The van der Waals surface area contributed by atoms with Crippen molar-refractivity contribution < 1.29 is 22.3 Å². The van der Waals surface area contributed by atoms with E-state index in [0.29, 0.717) is 18.5 Å². The topological polar surface area (TPSA) is 148 Å². The first kappa shape index (κ1) is 18.9. The average molecular weight is 475 g/mol. The first-order valence-electron chi connectivity index (χ1n) is 7.88. The van der Waals surface area contributed by atoms with Crippen molar-refractivity contribution in [1.82, 2.24) is 24.8 Å². The Labute approximate surface area is 166 Å². The fraction of sp³-hybridized carbons (Fsp3) is 0.286. The highest BCUT2D eigenvalue weighted by Crippen LogP contribution is 2.36. The number of nitrogens with zero attached hydrogens (tertiary/aromatic N) is 4. The molecule has 0 amide bonds. The Hall–Kier alpha value is -2.42. The second-order valence-electron chi connectivity index (χ2n) is 6.15. The van der Waals surface area contributed by atoms with Crippen LogP contribution in [0.15, 0.2) is 36.6 Å². The molecule has 3 aromatic rings. The van der Waals surface area contributed by atoms with Crippen LogP contribution < -0.4 is 15.8 Å². The molecule has 1 aromatic carbocycles. The molecule has 4 rings (SSSR count). The van der Waals surface area contributed by atoms with E-state index in [2.05, 4.69) is 41.4 Å². The minimum absolute atomic E-state index is 0.00389. The lowest BCUT2D eigenvalue weighted by Gasteiger charge is -2.14. The molecule has 0 bridgehead atoms. The number of aromatic nitrogens is 4. The van der Waals surface area contributed by atoms with Crippen molar-refractivity contribution in [3.8, 4) is 17.2 Å². The largest absolute Gasteiger partial charge is 0.446 e. The molecule has 0 saturated heterocycles. The lowest BCUT2D eigenvalue weighted by atomic mass is 10.2. The van der Waals surface area contributed by atoms with Gasteiger partial charge in [0.15, 0.2) is 5.69 Å². The SMILES string of the molecule is O=c1onc(-c2nonc2NCC2(NS(=O)O)CC2)n1-c1ccc(F)c(Br)c1. The summed E-state index contributed by atoms with van der Waals surface area (Å²) in [5.74, 6) is -1.14. The maximum atomic E-state index is 13.5. The summed E-state index contributed by atoms with van der Waals surface area (Å²) in [6.45, 7) is 0.269. The minimum Gasteiger partial charge on any atom is -0.363 e. The van der Waals surface area contributed by atoms with Crippen molar-refractivity contribution in [2.45, 2.75) is 18.4 Å². The molecule has 1 aliphatic rings. The molecule has 2 heterocycles. The van der Waals surface area contributed by atoms with Gasteiger partial charge >= 0.3 is 5.76 Å². The van der Waals surface area contributed by atoms with E-state index in [0.717, 1.165) is 4.57 Å². The minimum atomic E-state index is -2.15. The number of halogens is 2. The highest BCUT2D eigenvalue weighted by Gasteiger charge is 2.44. The van der Waals surface area contributed by atoms with E-state index >= 15 is 0 Å². The summed E-state index contributed by atoms with van der Waals surface area (Å²) in [5, 5.41) is 14.2. The summed E-state index contributed by atoms with van der Waals surface area (Å²) in [4.78, 5) is 12.1. The molecule has 148 valence electrons. The molecule has 1 unspecified atom stereocenters. The molecular formula is C14H12BrFN6O5S. The van der Waals surface area contributed by atoms with Crippen molar-refractivity contribution >= 4 is 33.0 Å². The van der Waals surface area contributed by atoms with Crippen LogP contribution >= 0.6 is 15.9 Å². The van der Waals surface area contributed by atoms with Gasteiger partial charge in [-0.3, -0.25) is 9.08 Å². The molecule has 1 fully saturated rings. The molecular weight excluding hydrogens is 463 g/mol. The van der Waals surface area contributed by atoms with Crippen LogP contribution in [0.2, 0.25) is 0 Å². The number of rotatable bonds is 7. The van der Waals surface area contributed by atoms with Gasteiger partial charge in [-0.15, -0.1) is 0 Å². The Kier molecular flexibility index (Phi) is 4.86. The van der Waals surface area contributed by atoms with E-state index in [-0.39, 0.29) is 28.4 Å². The summed E-state index contributed by atoms with van der Waals surface area (Å²) in [7, 11) is 0. The summed E-state index contributed by atoms with van der Waals surface area (Å²) in [6, 6.07) is 3.95. The maximum absolute atomic E-state index is 13.5. The molecule has 14 heteroatoms. The monoisotopic (exact) mass is 474 g/mol. The quantitative estimate of drug-likeness (QED) is 0.432. The number of anilines is 1. The number of benzene rings is 1. The average Bonchev–Trinajstić information content (AvgIpc) is 3.07. The molecule has 2 aromatic heterocycles. The Morgan fingerprint density at radius 3 is 2.82 bits per heavy atom. The molecule has 0 aliphatic heterocycles. The summed E-state index contributed by atoms with van der Waals surface area (Å²) in [6.07, 6.45) is 1.40. The zero-order valence-electron chi connectivity index (χ0n) is 13.9. The molecule has 28 heavy (non-hydrogen) atoms. The first-order valence-corrected chi connectivity index (χ1v) is 9.78.